The second-order valence-electron chi connectivity index (χ2n) is 3.79. The fourth-order valence-corrected chi connectivity index (χ4v) is 2.23. The van der Waals surface area contributed by atoms with E-state index in [4.69, 9.17) is 5.73 Å². The van der Waals surface area contributed by atoms with Crippen LogP contribution in [0.5, 0.6) is 0 Å². The second-order valence-corrected chi connectivity index (χ2v) is 4.34. The predicted molar refractivity (Wildman–Crippen MR) is 61.8 cm³/mol. The Kier molecular flexibility index (Phi) is 2.98. The van der Waals surface area contributed by atoms with Gasteiger partial charge in [0.2, 0.25) is 0 Å². The molecule has 0 fully saturated rings. The SMILES string of the molecule is Cc1cc(C)c(C(N)c2cnsn2)c(F)c1. The van der Waals surface area contributed by atoms with Crippen LogP contribution >= 0.6 is 11.7 Å². The highest BCUT2D eigenvalue weighted by atomic mass is 32.1. The highest BCUT2D eigenvalue weighted by molar-refractivity contribution is 6.99. The molecule has 0 radical (unpaired) electrons. The molecule has 0 amide bonds. The summed E-state index contributed by atoms with van der Waals surface area (Å²) in [4.78, 5) is 0. The first kappa shape index (κ1) is 11.2. The molecule has 1 aromatic carbocycles. The van der Waals surface area contributed by atoms with E-state index in [1.54, 1.807) is 6.20 Å². The average Bonchev–Trinajstić information content (AvgIpc) is 2.67. The summed E-state index contributed by atoms with van der Waals surface area (Å²) in [5.74, 6) is -0.280. The molecular weight excluding hydrogens is 225 g/mol. The van der Waals surface area contributed by atoms with Crippen LogP contribution in [0.1, 0.15) is 28.4 Å². The fraction of sp³-hybridized carbons (Fsp3) is 0.273. The number of aromatic nitrogens is 2. The highest BCUT2D eigenvalue weighted by Crippen LogP contribution is 2.25. The van der Waals surface area contributed by atoms with Crippen molar-refractivity contribution in [3.05, 3.63) is 46.5 Å². The molecule has 2 rings (SSSR count). The van der Waals surface area contributed by atoms with Gasteiger partial charge in [-0.2, -0.15) is 8.75 Å². The number of nitrogens with zero attached hydrogens (tertiary/aromatic N) is 2. The van der Waals surface area contributed by atoms with Gasteiger partial charge in [-0.15, -0.1) is 0 Å². The maximum Gasteiger partial charge on any atom is 0.128 e. The first-order valence-corrected chi connectivity index (χ1v) is 5.62. The fourth-order valence-electron chi connectivity index (χ4n) is 1.78. The van der Waals surface area contributed by atoms with Crippen LogP contribution in [0.15, 0.2) is 18.3 Å². The van der Waals surface area contributed by atoms with Crippen LogP contribution in [0.2, 0.25) is 0 Å². The molecule has 0 aliphatic rings. The quantitative estimate of drug-likeness (QED) is 0.872. The molecule has 1 unspecified atom stereocenters. The molecule has 84 valence electrons. The Morgan fingerprint density at radius 2 is 2.12 bits per heavy atom. The van der Waals surface area contributed by atoms with Crippen molar-refractivity contribution < 1.29 is 4.39 Å². The summed E-state index contributed by atoms with van der Waals surface area (Å²) in [5.41, 5.74) is 8.82. The van der Waals surface area contributed by atoms with E-state index in [1.807, 2.05) is 19.9 Å². The highest BCUT2D eigenvalue weighted by Gasteiger charge is 2.18. The predicted octanol–water partition coefficient (Wildman–Crippen LogP) is 2.34. The molecule has 0 aliphatic carbocycles. The number of rotatable bonds is 2. The van der Waals surface area contributed by atoms with Gasteiger partial charge in [0.25, 0.3) is 0 Å². The van der Waals surface area contributed by atoms with Crippen LogP contribution in [0, 0.1) is 19.7 Å². The number of benzene rings is 1. The van der Waals surface area contributed by atoms with Crippen molar-refractivity contribution in [3.63, 3.8) is 0 Å². The summed E-state index contributed by atoms with van der Waals surface area (Å²) in [6, 6.07) is 2.86. The van der Waals surface area contributed by atoms with E-state index < -0.39 is 6.04 Å². The van der Waals surface area contributed by atoms with Crippen molar-refractivity contribution in [2.75, 3.05) is 0 Å². The normalized spacial score (nSPS) is 12.8. The molecular formula is C11H12FN3S. The van der Waals surface area contributed by atoms with E-state index in [1.165, 1.54) is 6.07 Å². The van der Waals surface area contributed by atoms with Crippen LogP contribution < -0.4 is 5.73 Å². The Bertz CT molecular complexity index is 473. The number of nitrogens with two attached hydrogens (primary N) is 1. The third-order valence-corrected chi connectivity index (χ3v) is 2.98. The van der Waals surface area contributed by atoms with E-state index in [0.29, 0.717) is 11.3 Å². The first-order chi connectivity index (χ1) is 7.59. The molecule has 3 nitrogen and oxygen atoms in total. The molecule has 0 spiro atoms. The van der Waals surface area contributed by atoms with E-state index in [-0.39, 0.29) is 5.82 Å². The Morgan fingerprint density at radius 1 is 1.38 bits per heavy atom. The number of aryl methyl sites for hydroxylation is 2. The third kappa shape index (κ3) is 1.96. The Labute approximate surface area is 97.5 Å². The topological polar surface area (TPSA) is 51.8 Å². The minimum absolute atomic E-state index is 0.280. The van der Waals surface area contributed by atoms with Crippen LogP contribution in [0.25, 0.3) is 0 Å². The maximum absolute atomic E-state index is 13.8. The van der Waals surface area contributed by atoms with Crippen molar-refractivity contribution in [2.45, 2.75) is 19.9 Å². The summed E-state index contributed by atoms with van der Waals surface area (Å²) >= 11 is 1.08. The van der Waals surface area contributed by atoms with Crippen LogP contribution in [-0.4, -0.2) is 8.75 Å². The second kappa shape index (κ2) is 4.27. The maximum atomic E-state index is 13.8. The van der Waals surface area contributed by atoms with Gasteiger partial charge in [-0.05, 0) is 31.0 Å². The molecule has 2 N–H and O–H groups in total. The Hall–Kier alpha value is -1.33. The lowest BCUT2D eigenvalue weighted by molar-refractivity contribution is 0.594. The first-order valence-electron chi connectivity index (χ1n) is 4.89. The van der Waals surface area contributed by atoms with Crippen molar-refractivity contribution in [1.82, 2.24) is 8.75 Å². The largest absolute Gasteiger partial charge is 0.319 e. The zero-order chi connectivity index (χ0) is 11.7. The van der Waals surface area contributed by atoms with Gasteiger partial charge < -0.3 is 5.73 Å². The Balaban J connectivity index is 2.48. The van der Waals surface area contributed by atoms with E-state index in [0.717, 1.165) is 22.9 Å². The van der Waals surface area contributed by atoms with Gasteiger partial charge in [0.15, 0.2) is 0 Å². The summed E-state index contributed by atoms with van der Waals surface area (Å²) in [6.45, 7) is 3.71. The molecule has 1 heterocycles. The van der Waals surface area contributed by atoms with Crippen LogP contribution in [0.4, 0.5) is 4.39 Å². The monoisotopic (exact) mass is 237 g/mol. The molecule has 1 atom stereocenters. The minimum Gasteiger partial charge on any atom is -0.319 e. The summed E-state index contributed by atoms with van der Waals surface area (Å²) in [7, 11) is 0. The van der Waals surface area contributed by atoms with Gasteiger partial charge in [0, 0.05) is 5.56 Å². The summed E-state index contributed by atoms with van der Waals surface area (Å²) < 4.78 is 21.7. The number of hydrogen-bond acceptors (Lipinski definition) is 4. The summed E-state index contributed by atoms with van der Waals surface area (Å²) in [5, 5.41) is 0. The molecule has 16 heavy (non-hydrogen) atoms. The van der Waals surface area contributed by atoms with Gasteiger partial charge in [-0.25, -0.2) is 4.39 Å². The molecule has 5 heteroatoms. The number of halogens is 1. The van der Waals surface area contributed by atoms with Crippen molar-refractivity contribution in [3.8, 4) is 0 Å². The van der Waals surface area contributed by atoms with Crippen LogP contribution in [0.3, 0.4) is 0 Å². The van der Waals surface area contributed by atoms with Gasteiger partial charge in [0.1, 0.15) is 5.82 Å². The average molecular weight is 237 g/mol. The van der Waals surface area contributed by atoms with Crippen LogP contribution in [-0.2, 0) is 0 Å². The molecule has 2 aromatic rings. The van der Waals surface area contributed by atoms with Gasteiger partial charge in [0.05, 0.1) is 29.7 Å². The lowest BCUT2D eigenvalue weighted by Gasteiger charge is -2.14. The zero-order valence-corrected chi connectivity index (χ0v) is 9.88. The van der Waals surface area contributed by atoms with E-state index >= 15 is 0 Å². The lowest BCUT2D eigenvalue weighted by Crippen LogP contribution is -2.15. The smallest absolute Gasteiger partial charge is 0.128 e. The Morgan fingerprint density at radius 3 is 2.69 bits per heavy atom. The van der Waals surface area contributed by atoms with Crippen molar-refractivity contribution in [2.24, 2.45) is 5.73 Å². The summed E-state index contributed by atoms with van der Waals surface area (Å²) in [6.07, 6.45) is 1.58. The molecule has 0 aliphatic heterocycles. The van der Waals surface area contributed by atoms with Gasteiger partial charge in [-0.3, -0.25) is 0 Å². The zero-order valence-electron chi connectivity index (χ0n) is 9.07. The molecule has 0 saturated heterocycles. The molecule has 0 bridgehead atoms. The van der Waals surface area contributed by atoms with E-state index in [2.05, 4.69) is 8.75 Å². The van der Waals surface area contributed by atoms with Crippen molar-refractivity contribution in [1.29, 1.82) is 0 Å². The minimum atomic E-state index is -0.542. The van der Waals surface area contributed by atoms with Gasteiger partial charge >= 0.3 is 0 Å². The standard InChI is InChI=1S/C11H12FN3S/c1-6-3-7(2)10(8(12)4-6)11(13)9-5-14-16-15-9/h3-5,11H,13H2,1-2H3. The number of hydrogen-bond donors (Lipinski definition) is 1. The third-order valence-electron chi connectivity index (χ3n) is 2.49. The molecule has 1 aromatic heterocycles. The van der Waals surface area contributed by atoms with Gasteiger partial charge in [-0.1, -0.05) is 6.07 Å². The van der Waals surface area contributed by atoms with E-state index in [9.17, 15) is 4.39 Å². The lowest BCUT2D eigenvalue weighted by atomic mass is 9.97. The molecule has 0 saturated carbocycles. The van der Waals surface area contributed by atoms with Crippen molar-refractivity contribution >= 4 is 11.7 Å².